The van der Waals surface area contributed by atoms with Gasteiger partial charge in [0, 0.05) is 42.0 Å². The van der Waals surface area contributed by atoms with Crippen molar-refractivity contribution < 1.29 is 0 Å². The van der Waals surface area contributed by atoms with Gasteiger partial charge in [-0.05, 0) is 61.6 Å². The highest BCUT2D eigenvalue weighted by atomic mass is 32.2. The van der Waals surface area contributed by atoms with Crippen LogP contribution in [0.25, 0.3) is 11.0 Å². The Morgan fingerprint density at radius 3 is 2.84 bits per heavy atom. The lowest BCUT2D eigenvalue weighted by atomic mass is 9.96. The summed E-state index contributed by atoms with van der Waals surface area (Å²) in [4.78, 5) is 8.17. The van der Waals surface area contributed by atoms with E-state index in [1.807, 2.05) is 41.3 Å². The van der Waals surface area contributed by atoms with Gasteiger partial charge in [0.25, 0.3) is 0 Å². The van der Waals surface area contributed by atoms with E-state index < -0.39 is 0 Å². The Hall–Kier alpha value is -2.91. The number of para-hydroxylation sites is 1. The van der Waals surface area contributed by atoms with E-state index in [1.165, 1.54) is 4.90 Å². The van der Waals surface area contributed by atoms with E-state index in [0.29, 0.717) is 12.6 Å². The number of thiocarbonyl (C=S) groups is 1. The summed E-state index contributed by atoms with van der Waals surface area (Å²) in [6, 6.07) is 16.4. The van der Waals surface area contributed by atoms with Crippen LogP contribution in [-0.4, -0.2) is 53.9 Å². The predicted octanol–water partition coefficient (Wildman–Crippen LogP) is 4.43. The predicted molar refractivity (Wildman–Crippen MR) is 133 cm³/mol. The van der Waals surface area contributed by atoms with Crippen molar-refractivity contribution >= 4 is 45.8 Å². The van der Waals surface area contributed by atoms with Gasteiger partial charge < -0.3 is 14.8 Å². The minimum atomic E-state index is 0.402. The highest BCUT2D eigenvalue weighted by Crippen LogP contribution is 2.28. The van der Waals surface area contributed by atoms with Crippen molar-refractivity contribution in [2.24, 2.45) is 0 Å². The second-order valence-electron chi connectivity index (χ2n) is 7.90. The number of hydrogen-bond donors (Lipinski definition) is 1. The van der Waals surface area contributed by atoms with Gasteiger partial charge in [0.1, 0.15) is 18.0 Å². The van der Waals surface area contributed by atoms with Gasteiger partial charge in [-0.25, -0.2) is 9.67 Å². The first kappa shape index (κ1) is 21.0. The van der Waals surface area contributed by atoms with Crippen LogP contribution in [0.5, 0.6) is 0 Å². The molecule has 0 spiro atoms. The molecule has 4 aromatic rings. The number of likely N-dealkylation sites (tertiary alicyclic amines) is 1. The molecule has 1 saturated heterocycles. The van der Waals surface area contributed by atoms with Crippen LogP contribution in [-0.2, 0) is 6.67 Å². The summed E-state index contributed by atoms with van der Waals surface area (Å²) >= 11 is 7.42. The molecule has 1 aliphatic rings. The molecule has 5 rings (SSSR count). The van der Waals surface area contributed by atoms with E-state index in [1.54, 1.807) is 11.8 Å². The van der Waals surface area contributed by atoms with Crippen LogP contribution in [0.3, 0.4) is 0 Å². The fourth-order valence-corrected chi connectivity index (χ4v) is 4.97. The first-order chi connectivity index (χ1) is 15.7. The number of thioether (sulfide) groups is 1. The van der Waals surface area contributed by atoms with Gasteiger partial charge in [-0.3, -0.25) is 0 Å². The highest BCUT2D eigenvalue weighted by Gasteiger charge is 2.25. The molecule has 9 heteroatoms. The molecule has 2 aromatic heterocycles. The number of imidazole rings is 1. The fourth-order valence-electron chi connectivity index (χ4n) is 4.21. The van der Waals surface area contributed by atoms with Crippen LogP contribution in [0.4, 0.5) is 5.69 Å². The average molecular weight is 464 g/mol. The SMILES string of the molecule is CSc1cccc(NC(=S)N2CCC(c3nccn3Cn3nnc4ccccc43)CC2)c1. The van der Waals surface area contributed by atoms with Crippen LogP contribution in [0.1, 0.15) is 24.6 Å². The molecule has 32 heavy (non-hydrogen) atoms. The quantitative estimate of drug-likeness (QED) is 0.347. The summed E-state index contributed by atoms with van der Waals surface area (Å²) in [5.41, 5.74) is 2.98. The molecule has 1 aliphatic heterocycles. The van der Waals surface area contributed by atoms with E-state index in [0.717, 1.165) is 53.6 Å². The maximum Gasteiger partial charge on any atom is 0.173 e. The molecule has 0 unspecified atom stereocenters. The van der Waals surface area contributed by atoms with E-state index in [2.05, 4.69) is 60.6 Å². The minimum Gasteiger partial charge on any atom is -0.349 e. The third-order valence-electron chi connectivity index (χ3n) is 5.92. The first-order valence-corrected chi connectivity index (χ1v) is 12.3. The number of rotatable bonds is 5. The molecule has 3 heterocycles. The molecule has 0 bridgehead atoms. The molecule has 1 N–H and O–H groups in total. The van der Waals surface area contributed by atoms with Crippen LogP contribution in [0.15, 0.2) is 65.8 Å². The Balaban J connectivity index is 1.22. The van der Waals surface area contributed by atoms with Gasteiger partial charge in [0.15, 0.2) is 5.11 Å². The van der Waals surface area contributed by atoms with Crippen molar-refractivity contribution in [1.82, 2.24) is 29.4 Å². The van der Waals surface area contributed by atoms with Gasteiger partial charge in [0.05, 0.1) is 5.52 Å². The molecular weight excluding hydrogens is 438 g/mol. The number of benzene rings is 2. The Kier molecular flexibility index (Phi) is 6.09. The second-order valence-corrected chi connectivity index (χ2v) is 9.16. The molecule has 0 aliphatic carbocycles. The number of anilines is 1. The first-order valence-electron chi connectivity index (χ1n) is 10.7. The summed E-state index contributed by atoms with van der Waals surface area (Å²) in [6.07, 6.45) is 8.02. The third kappa shape index (κ3) is 4.35. The van der Waals surface area contributed by atoms with Crippen LogP contribution in [0, 0.1) is 0 Å². The normalized spacial score (nSPS) is 14.7. The molecule has 2 aromatic carbocycles. The van der Waals surface area contributed by atoms with Gasteiger partial charge in [-0.2, -0.15) is 0 Å². The van der Waals surface area contributed by atoms with Gasteiger partial charge in [0.2, 0.25) is 0 Å². The van der Waals surface area contributed by atoms with Gasteiger partial charge in [-0.15, -0.1) is 16.9 Å². The second kappa shape index (κ2) is 9.30. The van der Waals surface area contributed by atoms with E-state index in [4.69, 9.17) is 12.2 Å². The van der Waals surface area contributed by atoms with Crippen LogP contribution < -0.4 is 5.32 Å². The van der Waals surface area contributed by atoms with Crippen molar-refractivity contribution in [1.29, 1.82) is 0 Å². The molecule has 0 saturated carbocycles. The molecule has 0 amide bonds. The van der Waals surface area contributed by atoms with E-state index >= 15 is 0 Å². The lowest BCUT2D eigenvalue weighted by Crippen LogP contribution is -2.40. The van der Waals surface area contributed by atoms with Crippen molar-refractivity contribution in [2.45, 2.75) is 30.3 Å². The Bertz CT molecular complexity index is 1220. The molecular formula is C23H25N7S2. The number of nitrogens with zero attached hydrogens (tertiary/aromatic N) is 6. The van der Waals surface area contributed by atoms with Crippen LogP contribution >= 0.6 is 24.0 Å². The zero-order valence-electron chi connectivity index (χ0n) is 17.9. The summed E-state index contributed by atoms with van der Waals surface area (Å²) in [7, 11) is 0. The van der Waals surface area contributed by atoms with Crippen molar-refractivity contribution in [3.63, 3.8) is 0 Å². The maximum atomic E-state index is 5.69. The Labute approximate surface area is 196 Å². The lowest BCUT2D eigenvalue weighted by molar-refractivity contribution is 0.304. The van der Waals surface area contributed by atoms with Crippen molar-refractivity contribution in [3.05, 3.63) is 66.7 Å². The Morgan fingerprint density at radius 1 is 1.16 bits per heavy atom. The standard InChI is InChI=1S/C23H25N7S2/c1-32-19-6-4-5-18(15-19)25-23(31)28-12-9-17(10-13-28)22-24-11-14-29(22)16-30-21-8-3-2-7-20(21)26-27-30/h2-8,11,14-15,17H,9-10,12-13,16H2,1H3,(H,25,31). The molecule has 0 radical (unpaired) electrons. The monoisotopic (exact) mass is 463 g/mol. The number of hydrogen-bond acceptors (Lipinski definition) is 5. The fraction of sp³-hybridized carbons (Fsp3) is 0.304. The molecule has 0 atom stereocenters. The highest BCUT2D eigenvalue weighted by molar-refractivity contribution is 7.98. The molecule has 1 fully saturated rings. The van der Waals surface area contributed by atoms with E-state index in [-0.39, 0.29) is 0 Å². The maximum absolute atomic E-state index is 5.69. The lowest BCUT2D eigenvalue weighted by Gasteiger charge is -2.33. The zero-order chi connectivity index (χ0) is 21.9. The molecule has 164 valence electrons. The van der Waals surface area contributed by atoms with Crippen LogP contribution in [0.2, 0.25) is 0 Å². The topological polar surface area (TPSA) is 63.8 Å². The van der Waals surface area contributed by atoms with Crippen molar-refractivity contribution in [2.75, 3.05) is 24.7 Å². The Morgan fingerprint density at radius 2 is 2.00 bits per heavy atom. The number of nitrogens with one attached hydrogen (secondary N) is 1. The van der Waals surface area contributed by atoms with E-state index in [9.17, 15) is 0 Å². The summed E-state index contributed by atoms with van der Waals surface area (Å²) in [5.74, 6) is 1.51. The summed E-state index contributed by atoms with van der Waals surface area (Å²) < 4.78 is 4.11. The van der Waals surface area contributed by atoms with Crippen molar-refractivity contribution in [3.8, 4) is 0 Å². The summed E-state index contributed by atoms with van der Waals surface area (Å²) in [6.45, 7) is 2.44. The van der Waals surface area contributed by atoms with Gasteiger partial charge in [-0.1, -0.05) is 23.4 Å². The zero-order valence-corrected chi connectivity index (χ0v) is 19.5. The third-order valence-corrected chi connectivity index (χ3v) is 7.01. The smallest absolute Gasteiger partial charge is 0.173 e. The number of fused-ring (bicyclic) bond motifs is 1. The largest absolute Gasteiger partial charge is 0.349 e. The number of piperidine rings is 1. The summed E-state index contributed by atoms with van der Waals surface area (Å²) in [5, 5.41) is 12.8. The number of aromatic nitrogens is 5. The minimum absolute atomic E-state index is 0.402. The average Bonchev–Trinajstić information content (AvgIpc) is 3.47. The van der Waals surface area contributed by atoms with Gasteiger partial charge >= 0.3 is 0 Å². The molecule has 7 nitrogen and oxygen atoms in total.